The molecule has 0 radical (unpaired) electrons. The highest BCUT2D eigenvalue weighted by Crippen LogP contribution is 2.18. The molecule has 0 aliphatic heterocycles. The number of nitrogens with zero attached hydrogens (tertiary/aromatic N) is 1. The third kappa shape index (κ3) is 2.91. The van der Waals surface area contributed by atoms with E-state index in [0.717, 1.165) is 24.2 Å². The van der Waals surface area contributed by atoms with Crippen LogP contribution in [0.15, 0.2) is 18.2 Å². The van der Waals surface area contributed by atoms with Gasteiger partial charge in [0.1, 0.15) is 5.82 Å². The van der Waals surface area contributed by atoms with Crippen LogP contribution in [0.2, 0.25) is 0 Å². The number of halogens is 1. The first kappa shape index (κ1) is 11.4. The fourth-order valence-electron chi connectivity index (χ4n) is 1.35. The predicted octanol–water partition coefficient (Wildman–Crippen LogP) is 2.75. The predicted molar refractivity (Wildman–Crippen MR) is 62.9 cm³/mol. The van der Waals surface area contributed by atoms with Crippen LogP contribution in [0.1, 0.15) is 12.0 Å². The van der Waals surface area contributed by atoms with Crippen molar-refractivity contribution in [2.45, 2.75) is 12.8 Å². The summed E-state index contributed by atoms with van der Waals surface area (Å²) in [5.74, 6) is 0.698. The third-order valence-corrected chi connectivity index (χ3v) is 2.43. The molecule has 0 aliphatic rings. The first-order chi connectivity index (χ1) is 6.65. The maximum atomic E-state index is 13.5. The first-order valence-corrected chi connectivity index (χ1v) is 5.35. The van der Waals surface area contributed by atoms with Crippen LogP contribution >= 0.6 is 12.6 Å². The van der Waals surface area contributed by atoms with Crippen molar-refractivity contribution in [1.82, 2.24) is 0 Å². The van der Waals surface area contributed by atoms with Crippen LogP contribution in [0.5, 0.6) is 0 Å². The zero-order chi connectivity index (χ0) is 10.6. The lowest BCUT2D eigenvalue weighted by atomic mass is 10.1. The summed E-state index contributed by atoms with van der Waals surface area (Å²) in [5, 5.41) is 0. The first-order valence-electron chi connectivity index (χ1n) is 4.71. The lowest BCUT2D eigenvalue weighted by Gasteiger charge is -2.14. The van der Waals surface area contributed by atoms with Gasteiger partial charge in [-0.3, -0.25) is 0 Å². The van der Waals surface area contributed by atoms with Crippen molar-refractivity contribution < 1.29 is 4.39 Å². The fraction of sp³-hybridized carbons (Fsp3) is 0.455. The molecule has 0 bridgehead atoms. The summed E-state index contributed by atoms with van der Waals surface area (Å²) < 4.78 is 13.5. The second-order valence-corrected chi connectivity index (χ2v) is 3.95. The maximum Gasteiger partial charge on any atom is 0.146 e. The van der Waals surface area contributed by atoms with Gasteiger partial charge in [0, 0.05) is 14.1 Å². The van der Waals surface area contributed by atoms with Gasteiger partial charge in [0.25, 0.3) is 0 Å². The number of thiol groups is 1. The minimum Gasteiger partial charge on any atom is -0.375 e. The van der Waals surface area contributed by atoms with Gasteiger partial charge in [-0.15, -0.1) is 0 Å². The third-order valence-electron chi connectivity index (χ3n) is 2.12. The van der Waals surface area contributed by atoms with Gasteiger partial charge in [-0.25, -0.2) is 4.39 Å². The molecule has 0 atom stereocenters. The molecule has 1 rings (SSSR count). The van der Waals surface area contributed by atoms with Gasteiger partial charge in [-0.1, -0.05) is 6.07 Å². The Morgan fingerprint density at radius 3 is 2.57 bits per heavy atom. The fourth-order valence-corrected chi connectivity index (χ4v) is 1.51. The molecule has 3 heteroatoms. The van der Waals surface area contributed by atoms with E-state index in [0.29, 0.717) is 5.69 Å². The topological polar surface area (TPSA) is 3.24 Å². The standard InChI is InChI=1S/C11H16FNS/c1-13(2)11-6-5-9(4-3-7-14)8-10(11)12/h5-6,8,14H,3-4,7H2,1-2H3. The quantitative estimate of drug-likeness (QED) is 0.753. The van der Waals surface area contributed by atoms with Crippen molar-refractivity contribution in [2.24, 2.45) is 0 Å². The molecular formula is C11H16FNS. The molecule has 0 saturated carbocycles. The van der Waals surface area contributed by atoms with Crippen LogP contribution < -0.4 is 4.90 Å². The van der Waals surface area contributed by atoms with E-state index in [9.17, 15) is 4.39 Å². The summed E-state index contributed by atoms with van der Waals surface area (Å²) in [6.45, 7) is 0. The summed E-state index contributed by atoms with van der Waals surface area (Å²) in [6.07, 6.45) is 1.89. The van der Waals surface area contributed by atoms with E-state index in [2.05, 4.69) is 12.6 Å². The van der Waals surface area contributed by atoms with Gasteiger partial charge in [0.15, 0.2) is 0 Å². The Morgan fingerprint density at radius 2 is 2.07 bits per heavy atom. The van der Waals surface area contributed by atoms with Crippen molar-refractivity contribution in [1.29, 1.82) is 0 Å². The smallest absolute Gasteiger partial charge is 0.146 e. The maximum absolute atomic E-state index is 13.5. The van der Waals surface area contributed by atoms with E-state index in [4.69, 9.17) is 0 Å². The van der Waals surface area contributed by atoms with Crippen LogP contribution in [0.3, 0.4) is 0 Å². The van der Waals surface area contributed by atoms with Crippen LogP contribution in [-0.2, 0) is 6.42 Å². The van der Waals surface area contributed by atoms with E-state index in [1.54, 1.807) is 11.0 Å². The van der Waals surface area contributed by atoms with E-state index in [-0.39, 0.29) is 5.82 Å². The summed E-state index contributed by atoms with van der Waals surface area (Å²) in [6, 6.07) is 5.41. The van der Waals surface area contributed by atoms with Gasteiger partial charge in [-0.2, -0.15) is 12.6 Å². The number of aryl methyl sites for hydroxylation is 1. The monoisotopic (exact) mass is 213 g/mol. The van der Waals surface area contributed by atoms with E-state index >= 15 is 0 Å². The van der Waals surface area contributed by atoms with Gasteiger partial charge < -0.3 is 4.90 Å². The van der Waals surface area contributed by atoms with Crippen LogP contribution in [0.4, 0.5) is 10.1 Å². The molecule has 1 aromatic carbocycles. The van der Waals surface area contributed by atoms with E-state index in [1.807, 2.05) is 26.2 Å². The molecular weight excluding hydrogens is 197 g/mol. The Bertz CT molecular complexity index is 299. The number of hydrogen-bond acceptors (Lipinski definition) is 2. The Kier molecular flexibility index (Phi) is 4.26. The van der Waals surface area contributed by atoms with Gasteiger partial charge in [0.2, 0.25) is 0 Å². The van der Waals surface area contributed by atoms with E-state index < -0.39 is 0 Å². The average Bonchev–Trinajstić information content (AvgIpc) is 2.14. The summed E-state index contributed by atoms with van der Waals surface area (Å²) >= 11 is 4.13. The number of benzene rings is 1. The minimum atomic E-state index is -0.147. The highest BCUT2D eigenvalue weighted by Gasteiger charge is 2.04. The molecule has 0 aliphatic carbocycles. The Labute approximate surface area is 90.3 Å². The molecule has 1 nitrogen and oxygen atoms in total. The minimum absolute atomic E-state index is 0.147. The molecule has 0 N–H and O–H groups in total. The second-order valence-electron chi connectivity index (χ2n) is 3.51. The van der Waals surface area contributed by atoms with E-state index in [1.165, 1.54) is 0 Å². The Morgan fingerprint density at radius 1 is 1.36 bits per heavy atom. The van der Waals surface area contributed by atoms with Crippen molar-refractivity contribution in [3.63, 3.8) is 0 Å². The lowest BCUT2D eigenvalue weighted by Crippen LogP contribution is -2.10. The van der Waals surface area contributed by atoms with Gasteiger partial charge in [-0.05, 0) is 36.3 Å². The highest BCUT2D eigenvalue weighted by molar-refractivity contribution is 7.80. The Hall–Kier alpha value is -0.700. The van der Waals surface area contributed by atoms with Crippen molar-refractivity contribution >= 4 is 18.3 Å². The molecule has 0 heterocycles. The molecule has 0 saturated heterocycles. The van der Waals surface area contributed by atoms with Crippen molar-refractivity contribution in [3.05, 3.63) is 29.6 Å². The van der Waals surface area contributed by atoms with Gasteiger partial charge in [0.05, 0.1) is 5.69 Å². The molecule has 0 fully saturated rings. The SMILES string of the molecule is CN(C)c1ccc(CCCS)cc1F. The lowest BCUT2D eigenvalue weighted by molar-refractivity contribution is 0.623. The number of rotatable bonds is 4. The largest absolute Gasteiger partial charge is 0.375 e. The van der Waals surface area contributed by atoms with Crippen molar-refractivity contribution in [2.75, 3.05) is 24.7 Å². The normalized spacial score (nSPS) is 10.3. The average molecular weight is 213 g/mol. The molecule has 0 amide bonds. The molecule has 1 aromatic rings. The molecule has 0 unspecified atom stereocenters. The molecule has 0 spiro atoms. The molecule has 0 aromatic heterocycles. The summed E-state index contributed by atoms with van der Waals surface area (Å²) in [5.41, 5.74) is 1.68. The van der Waals surface area contributed by atoms with Crippen LogP contribution in [0, 0.1) is 5.82 Å². The number of hydrogen-bond donors (Lipinski definition) is 1. The van der Waals surface area contributed by atoms with Crippen molar-refractivity contribution in [3.8, 4) is 0 Å². The molecule has 78 valence electrons. The zero-order valence-electron chi connectivity index (χ0n) is 8.63. The van der Waals surface area contributed by atoms with Gasteiger partial charge >= 0.3 is 0 Å². The van der Waals surface area contributed by atoms with Crippen LogP contribution in [0.25, 0.3) is 0 Å². The second kappa shape index (κ2) is 5.25. The Balaban J connectivity index is 2.78. The molecule has 14 heavy (non-hydrogen) atoms. The zero-order valence-corrected chi connectivity index (χ0v) is 9.52. The summed E-state index contributed by atoms with van der Waals surface area (Å²) in [7, 11) is 3.68. The van der Waals surface area contributed by atoms with Crippen LogP contribution in [-0.4, -0.2) is 19.8 Å². The summed E-state index contributed by atoms with van der Waals surface area (Å²) in [4.78, 5) is 1.78. The highest BCUT2D eigenvalue weighted by atomic mass is 32.1. The number of anilines is 1.